The Labute approximate surface area is 96.4 Å². The summed E-state index contributed by atoms with van der Waals surface area (Å²) in [5.41, 5.74) is 0.151. The van der Waals surface area contributed by atoms with Gasteiger partial charge in [0, 0.05) is 12.5 Å². The fraction of sp³-hybridized carbons (Fsp3) is 0.455. The summed E-state index contributed by atoms with van der Waals surface area (Å²) in [5, 5.41) is 3.05. The first-order chi connectivity index (χ1) is 7.65. The molecule has 0 aromatic heterocycles. The van der Waals surface area contributed by atoms with Crippen molar-refractivity contribution >= 4 is 11.8 Å². The van der Waals surface area contributed by atoms with E-state index in [1.165, 1.54) is 6.26 Å². The smallest absolute Gasteiger partial charge is 0.175 e. The van der Waals surface area contributed by atoms with E-state index in [2.05, 4.69) is 5.32 Å². The molecule has 1 unspecified atom stereocenters. The predicted molar refractivity (Wildman–Crippen MR) is 58.3 cm³/mol. The Bertz CT molecular complexity index is 403. The van der Waals surface area contributed by atoms with Crippen LogP contribution >= 0.6 is 11.8 Å². The summed E-state index contributed by atoms with van der Waals surface area (Å²) in [6.07, 6.45) is 2.24. The molecule has 0 spiro atoms. The molecule has 1 aromatic rings. The number of hydrogen-bond donors (Lipinski definition) is 1. The van der Waals surface area contributed by atoms with Gasteiger partial charge in [0.25, 0.3) is 0 Å². The second kappa shape index (κ2) is 4.67. The van der Waals surface area contributed by atoms with Crippen LogP contribution in [0, 0.1) is 17.5 Å². The van der Waals surface area contributed by atoms with Crippen LogP contribution in [0.5, 0.6) is 0 Å². The molecule has 1 atom stereocenters. The zero-order valence-corrected chi connectivity index (χ0v) is 9.63. The molecule has 16 heavy (non-hydrogen) atoms. The minimum Gasteiger partial charge on any atom is -0.316 e. The highest BCUT2D eigenvalue weighted by atomic mass is 32.2. The van der Waals surface area contributed by atoms with Gasteiger partial charge in [0.05, 0.1) is 4.90 Å². The van der Waals surface area contributed by atoms with Crippen molar-refractivity contribution in [3.63, 3.8) is 0 Å². The fourth-order valence-corrected chi connectivity index (χ4v) is 2.52. The van der Waals surface area contributed by atoms with E-state index < -0.39 is 17.5 Å². The second-order valence-corrected chi connectivity index (χ2v) is 4.62. The lowest BCUT2D eigenvalue weighted by molar-refractivity contribution is 0.452. The summed E-state index contributed by atoms with van der Waals surface area (Å²) in [6, 6.07) is 1.13. The van der Waals surface area contributed by atoms with Crippen LogP contribution in [0.1, 0.15) is 17.9 Å². The van der Waals surface area contributed by atoms with Crippen LogP contribution in [0.25, 0.3) is 0 Å². The highest BCUT2D eigenvalue weighted by Crippen LogP contribution is 2.32. The first kappa shape index (κ1) is 11.8. The lowest BCUT2D eigenvalue weighted by Gasteiger charge is -2.13. The Hall–Kier alpha value is -0.680. The first-order valence-electron chi connectivity index (χ1n) is 5.07. The number of rotatable bonds is 2. The van der Waals surface area contributed by atoms with Gasteiger partial charge in [-0.3, -0.25) is 0 Å². The van der Waals surface area contributed by atoms with Crippen molar-refractivity contribution in [3.8, 4) is 0 Å². The van der Waals surface area contributed by atoms with Crippen LogP contribution in [0.3, 0.4) is 0 Å². The Morgan fingerprint density at radius 3 is 2.62 bits per heavy atom. The zero-order valence-electron chi connectivity index (χ0n) is 8.82. The molecule has 1 nitrogen and oxygen atoms in total. The van der Waals surface area contributed by atoms with Gasteiger partial charge in [-0.05, 0) is 30.9 Å². The molecule has 0 radical (unpaired) electrons. The van der Waals surface area contributed by atoms with Crippen LogP contribution in [-0.4, -0.2) is 19.3 Å². The Morgan fingerprint density at radius 2 is 2.06 bits per heavy atom. The van der Waals surface area contributed by atoms with Crippen molar-refractivity contribution in [1.29, 1.82) is 0 Å². The van der Waals surface area contributed by atoms with Gasteiger partial charge < -0.3 is 5.32 Å². The summed E-state index contributed by atoms with van der Waals surface area (Å²) in [7, 11) is 0. The number of benzene rings is 1. The van der Waals surface area contributed by atoms with E-state index in [-0.39, 0.29) is 16.4 Å². The molecule has 2 rings (SSSR count). The third-order valence-electron chi connectivity index (χ3n) is 2.85. The van der Waals surface area contributed by atoms with E-state index in [4.69, 9.17) is 0 Å². The van der Waals surface area contributed by atoms with E-state index in [1.807, 2.05) is 0 Å². The monoisotopic (exact) mass is 247 g/mol. The standard InChI is InChI=1S/C11H12F3NS/c1-16-11-8(12)4-7(9(13)10(11)14)6-2-3-15-5-6/h4,6,15H,2-3,5H2,1H3. The average Bonchev–Trinajstić information content (AvgIpc) is 2.77. The molecule has 0 saturated carbocycles. The molecule has 1 aliphatic heterocycles. The molecule has 88 valence electrons. The summed E-state index contributed by atoms with van der Waals surface area (Å²) in [4.78, 5) is -0.243. The van der Waals surface area contributed by atoms with Crippen molar-refractivity contribution in [2.45, 2.75) is 17.2 Å². The van der Waals surface area contributed by atoms with Crippen LogP contribution in [-0.2, 0) is 0 Å². The first-order valence-corrected chi connectivity index (χ1v) is 6.29. The van der Waals surface area contributed by atoms with E-state index in [0.29, 0.717) is 13.0 Å². The van der Waals surface area contributed by atoms with Gasteiger partial charge in [-0.2, -0.15) is 0 Å². The van der Waals surface area contributed by atoms with Gasteiger partial charge in [-0.25, -0.2) is 13.2 Å². The molecule has 1 N–H and O–H groups in total. The molecule has 1 heterocycles. The Morgan fingerprint density at radius 1 is 1.31 bits per heavy atom. The van der Waals surface area contributed by atoms with E-state index in [9.17, 15) is 13.2 Å². The summed E-state index contributed by atoms with van der Waals surface area (Å²) in [5.74, 6) is -2.76. The molecule has 1 aromatic carbocycles. The SMILES string of the molecule is CSc1c(F)cc(C2CCNC2)c(F)c1F. The number of hydrogen-bond acceptors (Lipinski definition) is 2. The van der Waals surface area contributed by atoms with E-state index in [1.54, 1.807) is 0 Å². The van der Waals surface area contributed by atoms with Crippen LogP contribution in [0.2, 0.25) is 0 Å². The highest BCUT2D eigenvalue weighted by Gasteiger charge is 2.25. The third-order valence-corrected chi connectivity index (χ3v) is 3.63. The normalized spacial score (nSPS) is 20.4. The molecular weight excluding hydrogens is 235 g/mol. The van der Waals surface area contributed by atoms with Gasteiger partial charge in [0.15, 0.2) is 11.6 Å². The largest absolute Gasteiger partial charge is 0.316 e. The topological polar surface area (TPSA) is 12.0 Å². The maximum absolute atomic E-state index is 13.7. The van der Waals surface area contributed by atoms with Gasteiger partial charge in [-0.15, -0.1) is 11.8 Å². The summed E-state index contributed by atoms with van der Waals surface area (Å²) >= 11 is 0.882. The third kappa shape index (κ3) is 1.94. The molecule has 1 fully saturated rings. The van der Waals surface area contributed by atoms with Crippen LogP contribution < -0.4 is 5.32 Å². The lowest BCUT2D eigenvalue weighted by atomic mass is 9.97. The van der Waals surface area contributed by atoms with Gasteiger partial charge >= 0.3 is 0 Å². The van der Waals surface area contributed by atoms with Crippen LogP contribution in [0.4, 0.5) is 13.2 Å². The minimum atomic E-state index is -1.06. The highest BCUT2D eigenvalue weighted by molar-refractivity contribution is 7.98. The molecular formula is C11H12F3NS. The van der Waals surface area contributed by atoms with E-state index >= 15 is 0 Å². The van der Waals surface area contributed by atoms with E-state index in [0.717, 1.165) is 24.4 Å². The average molecular weight is 247 g/mol. The van der Waals surface area contributed by atoms with Crippen molar-refractivity contribution in [3.05, 3.63) is 29.1 Å². The molecule has 1 saturated heterocycles. The lowest BCUT2D eigenvalue weighted by Crippen LogP contribution is -2.10. The molecule has 0 bridgehead atoms. The number of nitrogens with one attached hydrogen (secondary N) is 1. The van der Waals surface area contributed by atoms with Gasteiger partial charge in [0.1, 0.15) is 5.82 Å². The zero-order chi connectivity index (χ0) is 11.7. The minimum absolute atomic E-state index is 0.125. The van der Waals surface area contributed by atoms with Crippen molar-refractivity contribution < 1.29 is 13.2 Å². The predicted octanol–water partition coefficient (Wildman–Crippen LogP) is 2.90. The maximum Gasteiger partial charge on any atom is 0.175 e. The van der Waals surface area contributed by atoms with Crippen molar-refractivity contribution in [2.75, 3.05) is 19.3 Å². The summed E-state index contributed by atoms with van der Waals surface area (Å²) < 4.78 is 40.7. The number of thioether (sulfide) groups is 1. The Kier molecular flexibility index (Phi) is 3.44. The summed E-state index contributed by atoms with van der Waals surface area (Å²) in [6.45, 7) is 1.34. The second-order valence-electron chi connectivity index (χ2n) is 3.80. The fourth-order valence-electron chi connectivity index (χ4n) is 2.00. The van der Waals surface area contributed by atoms with Crippen molar-refractivity contribution in [2.24, 2.45) is 0 Å². The van der Waals surface area contributed by atoms with Crippen molar-refractivity contribution in [1.82, 2.24) is 5.32 Å². The Balaban J connectivity index is 2.46. The van der Waals surface area contributed by atoms with Gasteiger partial charge in [-0.1, -0.05) is 0 Å². The quantitative estimate of drug-likeness (QED) is 0.637. The molecule has 0 aliphatic carbocycles. The molecule has 1 aliphatic rings. The molecule has 0 amide bonds. The van der Waals surface area contributed by atoms with Crippen LogP contribution in [0.15, 0.2) is 11.0 Å². The van der Waals surface area contributed by atoms with Gasteiger partial charge in [0.2, 0.25) is 0 Å². The molecule has 5 heteroatoms. The number of halogens is 3. The maximum atomic E-state index is 13.7.